The normalized spacial score (nSPS) is 10.7. The second-order valence-corrected chi connectivity index (χ2v) is 5.76. The topological polar surface area (TPSA) is 105 Å². The van der Waals surface area contributed by atoms with Crippen molar-refractivity contribution in [2.75, 3.05) is 19.8 Å². The number of carboxylic acid groups (broad SMARTS) is 1. The van der Waals surface area contributed by atoms with Crippen molar-refractivity contribution in [1.29, 1.82) is 5.26 Å². The molecular weight excluding hydrogens is 348 g/mol. The first-order valence-electron chi connectivity index (χ1n) is 8.37. The molecule has 0 saturated heterocycles. The highest BCUT2D eigenvalue weighted by atomic mass is 16.5. The van der Waals surface area contributed by atoms with Gasteiger partial charge < -0.3 is 24.3 Å². The Hall–Kier alpha value is -3.50. The molecule has 0 aliphatic carbocycles. The molecule has 0 atom stereocenters. The van der Waals surface area contributed by atoms with Crippen molar-refractivity contribution in [2.24, 2.45) is 0 Å². The van der Waals surface area contributed by atoms with Gasteiger partial charge in [0.05, 0.1) is 17.7 Å². The van der Waals surface area contributed by atoms with Gasteiger partial charge >= 0.3 is 5.97 Å². The summed E-state index contributed by atoms with van der Waals surface area (Å²) in [5.74, 6) is -0.930. The lowest BCUT2D eigenvalue weighted by molar-refractivity contribution is 0.0693. The molecule has 0 aliphatic heterocycles. The second kappa shape index (κ2) is 7.81. The summed E-state index contributed by atoms with van der Waals surface area (Å²) in [6, 6.07) is 11.8. The molecule has 27 heavy (non-hydrogen) atoms. The number of fused-ring (bicyclic) bond motifs is 1. The largest absolute Gasteiger partial charge is 0.507 e. The molecule has 3 rings (SSSR count). The Labute approximate surface area is 155 Å². The number of ether oxygens (including phenoxy) is 2. The van der Waals surface area contributed by atoms with Gasteiger partial charge in [0.2, 0.25) is 0 Å². The van der Waals surface area contributed by atoms with Gasteiger partial charge in [-0.3, -0.25) is 0 Å². The molecule has 0 fully saturated rings. The molecule has 7 nitrogen and oxygen atoms in total. The third kappa shape index (κ3) is 3.71. The van der Waals surface area contributed by atoms with Crippen LogP contribution in [0.15, 0.2) is 42.6 Å². The number of hydrogen-bond acceptors (Lipinski definition) is 5. The van der Waals surface area contributed by atoms with Crippen LogP contribution in [-0.4, -0.2) is 40.6 Å². The fraction of sp³-hybridized carbons (Fsp3) is 0.200. The summed E-state index contributed by atoms with van der Waals surface area (Å²) in [4.78, 5) is 11.1. The summed E-state index contributed by atoms with van der Waals surface area (Å²) in [7, 11) is 0. The van der Waals surface area contributed by atoms with Crippen LogP contribution >= 0.6 is 0 Å². The monoisotopic (exact) mass is 366 g/mol. The van der Waals surface area contributed by atoms with Gasteiger partial charge in [-0.2, -0.15) is 5.26 Å². The van der Waals surface area contributed by atoms with Crippen LogP contribution in [0.3, 0.4) is 0 Å². The Bertz CT molecular complexity index is 1030. The molecule has 2 aromatic carbocycles. The fourth-order valence-electron chi connectivity index (χ4n) is 2.81. The van der Waals surface area contributed by atoms with Gasteiger partial charge in [-0.25, -0.2) is 4.79 Å². The summed E-state index contributed by atoms with van der Waals surface area (Å²) in [5, 5.41) is 29.2. The Morgan fingerprint density at radius 1 is 1.22 bits per heavy atom. The minimum atomic E-state index is -1.21. The van der Waals surface area contributed by atoms with Crippen LogP contribution in [0.25, 0.3) is 16.6 Å². The molecular formula is C20H18N2O5. The summed E-state index contributed by atoms with van der Waals surface area (Å²) in [6.07, 6.45) is 1.64. The zero-order chi connectivity index (χ0) is 19.4. The van der Waals surface area contributed by atoms with Crippen molar-refractivity contribution in [3.05, 3.63) is 53.7 Å². The van der Waals surface area contributed by atoms with Crippen LogP contribution in [0.2, 0.25) is 0 Å². The van der Waals surface area contributed by atoms with E-state index in [-0.39, 0.29) is 11.3 Å². The lowest BCUT2D eigenvalue weighted by Gasteiger charge is -2.10. The molecule has 3 aromatic rings. The average Bonchev–Trinajstić information content (AvgIpc) is 3.03. The second-order valence-electron chi connectivity index (χ2n) is 5.76. The molecule has 138 valence electrons. The number of carboxylic acids is 1. The SMILES string of the molecule is CCOCCOc1ccc2c(C#N)cn(-c3ccc(C(=O)O)c(O)c3)c2c1. The van der Waals surface area contributed by atoms with E-state index < -0.39 is 5.97 Å². The molecule has 0 saturated carbocycles. The Balaban J connectivity index is 2.03. The van der Waals surface area contributed by atoms with E-state index in [0.29, 0.717) is 42.3 Å². The molecule has 0 amide bonds. The number of aromatic hydroxyl groups is 1. The zero-order valence-electron chi connectivity index (χ0n) is 14.7. The summed E-state index contributed by atoms with van der Waals surface area (Å²) in [6.45, 7) is 3.41. The number of hydrogen-bond donors (Lipinski definition) is 2. The standard InChI is InChI=1S/C20H18N2O5/c1-2-26-7-8-27-15-4-6-16-13(11-21)12-22(18(16)10-15)14-3-5-17(20(24)25)19(23)9-14/h3-6,9-10,12,23H,2,7-8H2,1H3,(H,24,25). The van der Waals surface area contributed by atoms with Crippen LogP contribution < -0.4 is 4.74 Å². The number of phenols is 1. The van der Waals surface area contributed by atoms with E-state index in [1.54, 1.807) is 35.0 Å². The van der Waals surface area contributed by atoms with Gasteiger partial charge in [0.1, 0.15) is 29.7 Å². The first kappa shape index (κ1) is 18.3. The lowest BCUT2D eigenvalue weighted by Crippen LogP contribution is -2.06. The van der Waals surface area contributed by atoms with Crippen LogP contribution in [0.5, 0.6) is 11.5 Å². The summed E-state index contributed by atoms with van der Waals surface area (Å²) in [5.41, 5.74) is 1.53. The van der Waals surface area contributed by atoms with Crippen LogP contribution in [0.4, 0.5) is 0 Å². The molecule has 7 heteroatoms. The van der Waals surface area contributed by atoms with Crippen LogP contribution in [-0.2, 0) is 4.74 Å². The highest BCUT2D eigenvalue weighted by Gasteiger charge is 2.14. The fourth-order valence-corrected chi connectivity index (χ4v) is 2.81. The van der Waals surface area contributed by atoms with E-state index in [1.807, 2.05) is 6.92 Å². The first-order valence-corrected chi connectivity index (χ1v) is 8.37. The average molecular weight is 366 g/mol. The van der Waals surface area contributed by atoms with Crippen molar-refractivity contribution in [1.82, 2.24) is 4.57 Å². The maximum Gasteiger partial charge on any atom is 0.339 e. The quantitative estimate of drug-likeness (QED) is 0.622. The number of rotatable bonds is 7. The van der Waals surface area contributed by atoms with Crippen molar-refractivity contribution in [3.8, 4) is 23.3 Å². The maximum absolute atomic E-state index is 11.1. The smallest absolute Gasteiger partial charge is 0.339 e. The Morgan fingerprint density at radius 3 is 2.70 bits per heavy atom. The van der Waals surface area contributed by atoms with Crippen molar-refractivity contribution in [3.63, 3.8) is 0 Å². The number of nitriles is 1. The van der Waals surface area contributed by atoms with Gasteiger partial charge in [0.15, 0.2) is 0 Å². The van der Waals surface area contributed by atoms with Crippen molar-refractivity contribution < 1.29 is 24.5 Å². The van der Waals surface area contributed by atoms with Gasteiger partial charge in [-0.05, 0) is 31.2 Å². The van der Waals surface area contributed by atoms with E-state index in [4.69, 9.17) is 14.6 Å². The van der Waals surface area contributed by atoms with Crippen LogP contribution in [0, 0.1) is 11.3 Å². The van der Waals surface area contributed by atoms with E-state index in [9.17, 15) is 15.2 Å². The molecule has 0 unspecified atom stereocenters. The number of benzene rings is 2. The Kier molecular flexibility index (Phi) is 5.29. The highest BCUT2D eigenvalue weighted by molar-refractivity contribution is 5.92. The van der Waals surface area contributed by atoms with Gasteiger partial charge in [-0.1, -0.05) is 0 Å². The third-order valence-electron chi connectivity index (χ3n) is 4.09. The molecule has 0 spiro atoms. The predicted molar refractivity (Wildman–Crippen MR) is 98.6 cm³/mol. The van der Waals surface area contributed by atoms with E-state index in [0.717, 1.165) is 5.39 Å². The summed E-state index contributed by atoms with van der Waals surface area (Å²) < 4.78 is 12.6. The van der Waals surface area contributed by atoms with E-state index in [2.05, 4.69) is 6.07 Å². The van der Waals surface area contributed by atoms with Crippen molar-refractivity contribution in [2.45, 2.75) is 6.92 Å². The zero-order valence-corrected chi connectivity index (χ0v) is 14.7. The molecule has 1 aromatic heterocycles. The first-order chi connectivity index (χ1) is 13.0. The van der Waals surface area contributed by atoms with Gasteiger partial charge in [0.25, 0.3) is 0 Å². The number of nitrogens with zero attached hydrogens (tertiary/aromatic N) is 2. The van der Waals surface area contributed by atoms with E-state index >= 15 is 0 Å². The molecule has 2 N–H and O–H groups in total. The molecule has 1 heterocycles. The minimum Gasteiger partial charge on any atom is -0.507 e. The number of aromatic carboxylic acids is 1. The van der Waals surface area contributed by atoms with Crippen molar-refractivity contribution >= 4 is 16.9 Å². The lowest BCUT2D eigenvalue weighted by atomic mass is 10.1. The molecule has 0 radical (unpaired) electrons. The minimum absolute atomic E-state index is 0.185. The summed E-state index contributed by atoms with van der Waals surface area (Å²) >= 11 is 0. The van der Waals surface area contributed by atoms with Gasteiger partial charge in [-0.15, -0.1) is 0 Å². The highest BCUT2D eigenvalue weighted by Crippen LogP contribution is 2.30. The van der Waals surface area contributed by atoms with Gasteiger partial charge in [0, 0.05) is 36.0 Å². The number of carbonyl (C=O) groups is 1. The van der Waals surface area contributed by atoms with E-state index in [1.165, 1.54) is 12.1 Å². The maximum atomic E-state index is 11.1. The third-order valence-corrected chi connectivity index (χ3v) is 4.09. The predicted octanol–water partition coefficient (Wildman–Crippen LogP) is 3.32. The molecule has 0 bridgehead atoms. The molecule has 0 aliphatic rings. The Morgan fingerprint density at radius 2 is 2.04 bits per heavy atom. The number of aromatic nitrogens is 1. The van der Waals surface area contributed by atoms with Crippen LogP contribution in [0.1, 0.15) is 22.8 Å².